The number of nitrogens with zero attached hydrogens (tertiary/aromatic N) is 4. The summed E-state index contributed by atoms with van der Waals surface area (Å²) in [5.41, 5.74) is 4.76. The minimum absolute atomic E-state index is 0.816. The van der Waals surface area contributed by atoms with Crippen LogP contribution < -0.4 is 0 Å². The summed E-state index contributed by atoms with van der Waals surface area (Å²) in [6.45, 7) is 2.09. The molecule has 0 spiro atoms. The summed E-state index contributed by atoms with van der Waals surface area (Å²) in [5.74, 6) is 0.959. The van der Waals surface area contributed by atoms with E-state index in [4.69, 9.17) is 4.98 Å². The van der Waals surface area contributed by atoms with Crippen molar-refractivity contribution in [1.82, 2.24) is 19.6 Å². The van der Waals surface area contributed by atoms with Gasteiger partial charge in [0.2, 0.25) is 0 Å². The standard InChI is InChI=1S/C17H14N4/c1-2-15-19-20-17-16(12-8-4-3-5-9-12)18-13-10-6-7-11-14(13)21(15)17/h3-11H,2H2,1H3. The molecule has 0 radical (unpaired) electrons. The molecule has 4 nitrogen and oxygen atoms in total. The number of hydrogen-bond acceptors (Lipinski definition) is 3. The average Bonchev–Trinajstić information content (AvgIpc) is 2.99. The van der Waals surface area contributed by atoms with Gasteiger partial charge in [0.15, 0.2) is 5.65 Å². The van der Waals surface area contributed by atoms with Crippen molar-refractivity contribution >= 4 is 16.7 Å². The Kier molecular flexibility index (Phi) is 2.67. The van der Waals surface area contributed by atoms with Gasteiger partial charge in [-0.05, 0) is 12.1 Å². The van der Waals surface area contributed by atoms with Crippen LogP contribution in [0.3, 0.4) is 0 Å². The quantitative estimate of drug-likeness (QED) is 0.562. The highest BCUT2D eigenvalue weighted by atomic mass is 15.3. The van der Waals surface area contributed by atoms with E-state index in [9.17, 15) is 0 Å². The lowest BCUT2D eigenvalue weighted by Crippen LogP contribution is -1.99. The molecule has 4 aromatic rings. The van der Waals surface area contributed by atoms with Crippen LogP contribution in [0, 0.1) is 0 Å². The molecule has 0 saturated carbocycles. The van der Waals surface area contributed by atoms with E-state index in [0.29, 0.717) is 0 Å². The highest BCUT2D eigenvalue weighted by Crippen LogP contribution is 2.26. The summed E-state index contributed by atoms with van der Waals surface area (Å²) in [4.78, 5) is 4.80. The lowest BCUT2D eigenvalue weighted by Gasteiger charge is -2.08. The second-order valence-electron chi connectivity index (χ2n) is 4.94. The Balaban J connectivity index is 2.18. The Morgan fingerprint density at radius 1 is 0.905 bits per heavy atom. The Labute approximate surface area is 122 Å². The lowest BCUT2D eigenvalue weighted by molar-refractivity contribution is 0.922. The molecule has 102 valence electrons. The van der Waals surface area contributed by atoms with Crippen molar-refractivity contribution < 1.29 is 0 Å². The number of aryl methyl sites for hydroxylation is 1. The average molecular weight is 274 g/mol. The first-order valence-electron chi connectivity index (χ1n) is 7.06. The van der Waals surface area contributed by atoms with E-state index in [1.807, 2.05) is 36.4 Å². The molecule has 2 aromatic carbocycles. The van der Waals surface area contributed by atoms with Crippen molar-refractivity contribution in [1.29, 1.82) is 0 Å². The van der Waals surface area contributed by atoms with E-state index in [1.54, 1.807) is 0 Å². The molecule has 2 aromatic heterocycles. The maximum atomic E-state index is 4.80. The maximum absolute atomic E-state index is 4.80. The molecule has 4 heteroatoms. The predicted molar refractivity (Wildman–Crippen MR) is 83.1 cm³/mol. The van der Waals surface area contributed by atoms with Gasteiger partial charge in [-0.25, -0.2) is 4.98 Å². The molecule has 0 unspecified atom stereocenters. The summed E-state index contributed by atoms with van der Waals surface area (Å²) in [6.07, 6.45) is 0.837. The molecule has 0 aliphatic heterocycles. The van der Waals surface area contributed by atoms with Gasteiger partial charge < -0.3 is 0 Å². The molecule has 0 saturated heterocycles. The van der Waals surface area contributed by atoms with Crippen molar-refractivity contribution in [3.63, 3.8) is 0 Å². The van der Waals surface area contributed by atoms with E-state index in [2.05, 4.69) is 39.7 Å². The molecule has 0 aliphatic carbocycles. The normalized spacial score (nSPS) is 11.3. The molecule has 21 heavy (non-hydrogen) atoms. The zero-order chi connectivity index (χ0) is 14.2. The van der Waals surface area contributed by atoms with Crippen LogP contribution in [0.2, 0.25) is 0 Å². The summed E-state index contributed by atoms with van der Waals surface area (Å²) in [7, 11) is 0. The van der Waals surface area contributed by atoms with Gasteiger partial charge in [0.05, 0.1) is 11.0 Å². The largest absolute Gasteiger partial charge is 0.275 e. The monoisotopic (exact) mass is 274 g/mol. The fourth-order valence-electron chi connectivity index (χ4n) is 2.66. The fourth-order valence-corrected chi connectivity index (χ4v) is 2.66. The van der Waals surface area contributed by atoms with Crippen molar-refractivity contribution in [3.8, 4) is 11.3 Å². The second kappa shape index (κ2) is 4.66. The van der Waals surface area contributed by atoms with Gasteiger partial charge in [-0.1, -0.05) is 49.4 Å². The van der Waals surface area contributed by atoms with Gasteiger partial charge in [0.1, 0.15) is 11.5 Å². The van der Waals surface area contributed by atoms with Crippen LogP contribution in [0.4, 0.5) is 0 Å². The van der Waals surface area contributed by atoms with Crippen LogP contribution in [-0.4, -0.2) is 19.6 Å². The van der Waals surface area contributed by atoms with Crippen LogP contribution in [-0.2, 0) is 6.42 Å². The summed E-state index contributed by atoms with van der Waals surface area (Å²) in [6, 6.07) is 18.3. The van der Waals surface area contributed by atoms with Gasteiger partial charge in [-0.2, -0.15) is 0 Å². The highest BCUT2D eigenvalue weighted by molar-refractivity contribution is 5.85. The topological polar surface area (TPSA) is 43.1 Å². The summed E-state index contributed by atoms with van der Waals surface area (Å²) < 4.78 is 2.12. The van der Waals surface area contributed by atoms with Gasteiger partial charge >= 0.3 is 0 Å². The third-order valence-corrected chi connectivity index (χ3v) is 3.66. The highest BCUT2D eigenvalue weighted by Gasteiger charge is 2.14. The van der Waals surface area contributed by atoms with Crippen LogP contribution in [0.1, 0.15) is 12.7 Å². The molecule has 0 N–H and O–H groups in total. The Morgan fingerprint density at radius 2 is 1.67 bits per heavy atom. The van der Waals surface area contributed by atoms with E-state index in [0.717, 1.165) is 40.2 Å². The van der Waals surface area contributed by atoms with Crippen LogP contribution >= 0.6 is 0 Å². The van der Waals surface area contributed by atoms with Gasteiger partial charge in [0.25, 0.3) is 0 Å². The molecule has 0 aliphatic rings. The molecular weight excluding hydrogens is 260 g/mol. The molecule has 0 atom stereocenters. The molecular formula is C17H14N4. The minimum atomic E-state index is 0.816. The first kappa shape index (κ1) is 12.0. The number of aromatic nitrogens is 4. The SMILES string of the molecule is CCc1nnc2c(-c3ccccc3)nc3ccccc3n12. The minimum Gasteiger partial charge on any atom is -0.275 e. The third-order valence-electron chi connectivity index (χ3n) is 3.66. The van der Waals surface area contributed by atoms with E-state index < -0.39 is 0 Å². The zero-order valence-electron chi connectivity index (χ0n) is 11.7. The zero-order valence-corrected chi connectivity index (χ0v) is 11.7. The Morgan fingerprint density at radius 3 is 2.48 bits per heavy atom. The maximum Gasteiger partial charge on any atom is 0.187 e. The third kappa shape index (κ3) is 1.80. The predicted octanol–water partition coefficient (Wildman–Crippen LogP) is 3.51. The number of para-hydroxylation sites is 2. The number of hydrogen-bond donors (Lipinski definition) is 0. The second-order valence-corrected chi connectivity index (χ2v) is 4.94. The van der Waals surface area contributed by atoms with Crippen molar-refractivity contribution in [2.75, 3.05) is 0 Å². The number of rotatable bonds is 2. The summed E-state index contributed by atoms with van der Waals surface area (Å²) >= 11 is 0. The molecule has 4 rings (SSSR count). The number of fused-ring (bicyclic) bond motifs is 3. The first-order chi connectivity index (χ1) is 10.4. The van der Waals surface area contributed by atoms with Crippen molar-refractivity contribution in [2.24, 2.45) is 0 Å². The Hall–Kier alpha value is -2.75. The molecule has 0 amide bonds. The van der Waals surface area contributed by atoms with Crippen molar-refractivity contribution in [3.05, 3.63) is 60.4 Å². The van der Waals surface area contributed by atoms with Crippen LogP contribution in [0.15, 0.2) is 54.6 Å². The van der Waals surface area contributed by atoms with Crippen LogP contribution in [0.25, 0.3) is 27.9 Å². The van der Waals surface area contributed by atoms with Gasteiger partial charge in [0, 0.05) is 12.0 Å². The lowest BCUT2D eigenvalue weighted by atomic mass is 10.1. The smallest absolute Gasteiger partial charge is 0.187 e. The molecule has 0 fully saturated rings. The van der Waals surface area contributed by atoms with E-state index >= 15 is 0 Å². The molecule has 2 heterocycles. The first-order valence-corrected chi connectivity index (χ1v) is 7.06. The van der Waals surface area contributed by atoms with E-state index in [1.165, 1.54) is 0 Å². The molecule has 0 bridgehead atoms. The summed E-state index contributed by atoms with van der Waals surface area (Å²) in [5, 5.41) is 8.69. The van der Waals surface area contributed by atoms with Crippen molar-refractivity contribution in [2.45, 2.75) is 13.3 Å². The van der Waals surface area contributed by atoms with E-state index in [-0.39, 0.29) is 0 Å². The van der Waals surface area contributed by atoms with Gasteiger partial charge in [-0.3, -0.25) is 4.40 Å². The van der Waals surface area contributed by atoms with Gasteiger partial charge in [-0.15, -0.1) is 10.2 Å². The van der Waals surface area contributed by atoms with Crippen LogP contribution in [0.5, 0.6) is 0 Å². The fraction of sp³-hybridized carbons (Fsp3) is 0.118. The number of benzene rings is 2. The Bertz CT molecular complexity index is 925.